The van der Waals surface area contributed by atoms with Crippen molar-refractivity contribution in [2.45, 2.75) is 33.6 Å². The topological polar surface area (TPSA) is 87.7 Å². The molecule has 0 heterocycles. The van der Waals surface area contributed by atoms with E-state index in [0.717, 1.165) is 5.56 Å². The van der Waals surface area contributed by atoms with Gasteiger partial charge in [0.15, 0.2) is 5.84 Å². The van der Waals surface area contributed by atoms with Gasteiger partial charge in [0.05, 0.1) is 0 Å². The lowest BCUT2D eigenvalue weighted by molar-refractivity contribution is -0.122. The summed E-state index contributed by atoms with van der Waals surface area (Å²) in [5.41, 5.74) is 6.09. The van der Waals surface area contributed by atoms with E-state index in [-0.39, 0.29) is 11.7 Å². The lowest BCUT2D eigenvalue weighted by atomic mass is 9.80. The van der Waals surface area contributed by atoms with Gasteiger partial charge in [0, 0.05) is 10.7 Å². The minimum atomic E-state index is -1.02. The normalized spacial score (nSPS) is 12.3. The molecular weight excluding hydrogens is 278 g/mol. The molecule has 0 aliphatic rings. The van der Waals surface area contributed by atoms with Crippen LogP contribution in [0.25, 0.3) is 0 Å². The zero-order valence-corrected chi connectivity index (χ0v) is 12.7. The van der Waals surface area contributed by atoms with Crippen LogP contribution in [-0.4, -0.2) is 17.0 Å². The summed E-state index contributed by atoms with van der Waals surface area (Å²) in [5.74, 6) is -0.386. The number of nitrogens with zero attached hydrogens (tertiary/aromatic N) is 1. The van der Waals surface area contributed by atoms with Crippen molar-refractivity contribution in [3.63, 3.8) is 0 Å². The molecular formula is C14H20ClN3O2. The lowest BCUT2D eigenvalue weighted by Gasteiger charge is -2.29. The molecule has 1 rings (SSSR count). The molecule has 0 saturated heterocycles. The SMILES string of the molecule is CCC(CC)(C(=O)Nc1cccc(Cl)c1C)C(N)=NO. The summed E-state index contributed by atoms with van der Waals surface area (Å²) < 4.78 is 0. The molecule has 1 aromatic rings. The lowest BCUT2D eigenvalue weighted by Crippen LogP contribution is -2.46. The fraction of sp³-hybridized carbons (Fsp3) is 0.429. The number of amides is 1. The number of hydrogen-bond donors (Lipinski definition) is 3. The maximum atomic E-state index is 12.5. The van der Waals surface area contributed by atoms with Gasteiger partial charge >= 0.3 is 0 Å². The second-order valence-electron chi connectivity index (χ2n) is 4.64. The van der Waals surface area contributed by atoms with Crippen molar-refractivity contribution < 1.29 is 10.0 Å². The number of hydrogen-bond acceptors (Lipinski definition) is 3. The molecule has 1 aromatic carbocycles. The number of nitrogens with one attached hydrogen (secondary N) is 1. The fourth-order valence-corrected chi connectivity index (χ4v) is 2.30. The van der Waals surface area contributed by atoms with Gasteiger partial charge in [0.25, 0.3) is 0 Å². The average Bonchev–Trinajstić information content (AvgIpc) is 2.45. The Kier molecular flexibility index (Phi) is 5.39. The molecule has 0 spiro atoms. The van der Waals surface area contributed by atoms with Crippen molar-refractivity contribution in [3.8, 4) is 0 Å². The van der Waals surface area contributed by atoms with Gasteiger partial charge in [-0.2, -0.15) is 0 Å². The molecule has 0 bridgehead atoms. The van der Waals surface area contributed by atoms with Crippen LogP contribution in [0.1, 0.15) is 32.3 Å². The van der Waals surface area contributed by atoms with Crippen molar-refractivity contribution in [1.29, 1.82) is 0 Å². The van der Waals surface area contributed by atoms with Gasteiger partial charge < -0.3 is 16.3 Å². The first kappa shape index (κ1) is 16.3. The predicted molar refractivity (Wildman–Crippen MR) is 81.2 cm³/mol. The molecule has 0 aromatic heterocycles. The van der Waals surface area contributed by atoms with Gasteiger partial charge in [0.2, 0.25) is 5.91 Å². The smallest absolute Gasteiger partial charge is 0.238 e. The molecule has 0 saturated carbocycles. The van der Waals surface area contributed by atoms with Crippen LogP contribution in [0.4, 0.5) is 5.69 Å². The Morgan fingerprint density at radius 1 is 1.45 bits per heavy atom. The van der Waals surface area contributed by atoms with Crippen LogP contribution >= 0.6 is 11.6 Å². The van der Waals surface area contributed by atoms with E-state index in [1.807, 2.05) is 20.8 Å². The Bertz CT molecular complexity index is 525. The van der Waals surface area contributed by atoms with Crippen LogP contribution in [-0.2, 0) is 4.79 Å². The second kappa shape index (κ2) is 6.61. The zero-order chi connectivity index (χ0) is 15.3. The first-order valence-corrected chi connectivity index (χ1v) is 6.85. The van der Waals surface area contributed by atoms with Gasteiger partial charge in [0.1, 0.15) is 5.41 Å². The minimum absolute atomic E-state index is 0.0836. The van der Waals surface area contributed by atoms with Gasteiger partial charge in [-0.05, 0) is 37.5 Å². The average molecular weight is 298 g/mol. The summed E-state index contributed by atoms with van der Waals surface area (Å²) in [6.45, 7) is 5.47. The molecule has 0 aliphatic carbocycles. The Morgan fingerprint density at radius 2 is 2.05 bits per heavy atom. The molecule has 1 amide bonds. The van der Waals surface area contributed by atoms with E-state index in [0.29, 0.717) is 23.6 Å². The number of anilines is 1. The molecule has 0 radical (unpaired) electrons. The molecule has 0 fully saturated rings. The number of halogens is 1. The Labute approximate surface area is 123 Å². The Hall–Kier alpha value is -1.75. The van der Waals surface area contributed by atoms with E-state index in [1.165, 1.54) is 0 Å². The van der Waals surface area contributed by atoms with E-state index in [1.54, 1.807) is 18.2 Å². The number of carbonyl (C=O) groups excluding carboxylic acids is 1. The molecule has 0 aliphatic heterocycles. The monoisotopic (exact) mass is 297 g/mol. The van der Waals surface area contributed by atoms with Crippen molar-refractivity contribution in [2.75, 3.05) is 5.32 Å². The third-order valence-corrected chi connectivity index (χ3v) is 4.17. The number of benzene rings is 1. The molecule has 0 unspecified atom stereocenters. The minimum Gasteiger partial charge on any atom is -0.409 e. The third kappa shape index (κ3) is 2.88. The highest BCUT2D eigenvalue weighted by Gasteiger charge is 2.40. The molecule has 0 atom stereocenters. The summed E-state index contributed by atoms with van der Waals surface area (Å²) in [7, 11) is 0. The van der Waals surface area contributed by atoms with Crippen molar-refractivity contribution in [3.05, 3.63) is 28.8 Å². The Morgan fingerprint density at radius 3 is 2.55 bits per heavy atom. The maximum Gasteiger partial charge on any atom is 0.238 e. The standard InChI is InChI=1S/C14H20ClN3O2/c1-4-14(5-2,12(16)18-20)13(19)17-11-8-6-7-10(15)9(11)3/h6-8,20H,4-5H2,1-3H3,(H2,16,18)(H,17,19). The van der Waals surface area contributed by atoms with Crippen LogP contribution in [0, 0.1) is 12.3 Å². The van der Waals surface area contributed by atoms with Crippen LogP contribution in [0.15, 0.2) is 23.4 Å². The summed E-state index contributed by atoms with van der Waals surface area (Å²) in [4.78, 5) is 12.5. The number of rotatable bonds is 5. The molecule has 5 nitrogen and oxygen atoms in total. The van der Waals surface area contributed by atoms with Gasteiger partial charge in [-0.15, -0.1) is 0 Å². The zero-order valence-electron chi connectivity index (χ0n) is 11.9. The van der Waals surface area contributed by atoms with E-state index in [4.69, 9.17) is 22.5 Å². The highest BCUT2D eigenvalue weighted by atomic mass is 35.5. The van der Waals surface area contributed by atoms with Gasteiger partial charge in [-0.1, -0.05) is 36.7 Å². The van der Waals surface area contributed by atoms with Crippen molar-refractivity contribution >= 4 is 29.0 Å². The Balaban J connectivity index is 3.13. The quantitative estimate of drug-likeness (QED) is 0.338. The fourth-order valence-electron chi connectivity index (χ4n) is 2.13. The van der Waals surface area contributed by atoms with Crippen molar-refractivity contribution in [1.82, 2.24) is 0 Å². The van der Waals surface area contributed by atoms with E-state index in [2.05, 4.69) is 10.5 Å². The van der Waals surface area contributed by atoms with Crippen molar-refractivity contribution in [2.24, 2.45) is 16.3 Å². The van der Waals surface area contributed by atoms with Crippen LogP contribution in [0.3, 0.4) is 0 Å². The highest BCUT2D eigenvalue weighted by molar-refractivity contribution is 6.31. The summed E-state index contributed by atoms with van der Waals surface area (Å²) >= 11 is 6.03. The van der Waals surface area contributed by atoms with Crippen LogP contribution < -0.4 is 11.1 Å². The molecule has 110 valence electrons. The maximum absolute atomic E-state index is 12.5. The summed E-state index contributed by atoms with van der Waals surface area (Å²) in [6.07, 6.45) is 0.871. The van der Waals surface area contributed by atoms with E-state index >= 15 is 0 Å². The number of oxime groups is 1. The third-order valence-electron chi connectivity index (χ3n) is 3.76. The van der Waals surface area contributed by atoms with Gasteiger partial charge in [-0.25, -0.2) is 0 Å². The van der Waals surface area contributed by atoms with Gasteiger partial charge in [-0.3, -0.25) is 4.79 Å². The molecule has 20 heavy (non-hydrogen) atoms. The number of amidine groups is 1. The predicted octanol–water partition coefficient (Wildman–Crippen LogP) is 3.14. The first-order chi connectivity index (χ1) is 9.42. The first-order valence-electron chi connectivity index (χ1n) is 6.47. The molecule has 4 N–H and O–H groups in total. The summed E-state index contributed by atoms with van der Waals surface area (Å²) in [5, 5.41) is 15.3. The van der Waals surface area contributed by atoms with Crippen LogP contribution in [0.5, 0.6) is 0 Å². The number of nitrogens with two attached hydrogens (primary N) is 1. The van der Waals surface area contributed by atoms with Crippen LogP contribution in [0.2, 0.25) is 5.02 Å². The number of carbonyl (C=O) groups is 1. The molecule has 6 heteroatoms. The largest absolute Gasteiger partial charge is 0.409 e. The van der Waals surface area contributed by atoms with E-state index in [9.17, 15) is 4.79 Å². The second-order valence-corrected chi connectivity index (χ2v) is 5.05. The highest BCUT2D eigenvalue weighted by Crippen LogP contribution is 2.30. The summed E-state index contributed by atoms with van der Waals surface area (Å²) in [6, 6.07) is 5.28. The van der Waals surface area contributed by atoms with E-state index < -0.39 is 5.41 Å².